The number of thioether (sulfide) groups is 1. The summed E-state index contributed by atoms with van der Waals surface area (Å²) in [7, 11) is 0. The Kier molecular flexibility index (Phi) is 5.15. The largest absolute Gasteiger partial charge is 0.467 e. The first kappa shape index (κ1) is 18.3. The number of anilines is 1. The van der Waals surface area contributed by atoms with E-state index in [1.165, 1.54) is 11.3 Å². The average Bonchev–Trinajstić information content (AvgIpc) is 3.40. The van der Waals surface area contributed by atoms with Gasteiger partial charge >= 0.3 is 0 Å². The van der Waals surface area contributed by atoms with E-state index in [4.69, 9.17) is 14.7 Å². The fourth-order valence-electron chi connectivity index (χ4n) is 2.82. The minimum Gasteiger partial charge on any atom is -0.467 e. The number of nitrogens with zero attached hydrogens (tertiary/aromatic N) is 3. The Balaban J connectivity index is 1.77. The molecule has 7 heteroatoms. The fraction of sp³-hybridized carbons (Fsp3) is 0.0952. The third-order valence-corrected chi connectivity index (χ3v) is 6.03. The van der Waals surface area contributed by atoms with Crippen LogP contribution in [0.1, 0.15) is 21.7 Å². The van der Waals surface area contributed by atoms with E-state index >= 15 is 0 Å². The molecule has 28 heavy (non-hydrogen) atoms. The van der Waals surface area contributed by atoms with Gasteiger partial charge in [0, 0.05) is 10.5 Å². The zero-order valence-corrected chi connectivity index (χ0v) is 16.6. The van der Waals surface area contributed by atoms with Gasteiger partial charge in [0.05, 0.1) is 34.7 Å². The van der Waals surface area contributed by atoms with E-state index in [-0.39, 0.29) is 12.5 Å². The second-order valence-electron chi connectivity index (χ2n) is 5.96. The molecule has 4 rings (SSSR count). The number of hydrogen-bond donors (Lipinski definition) is 0. The maximum Gasteiger partial charge on any atom is 0.260 e. The lowest BCUT2D eigenvalue weighted by molar-refractivity contribution is 0.0983. The molecule has 138 valence electrons. The zero-order chi connectivity index (χ0) is 19.5. The number of rotatable bonds is 5. The van der Waals surface area contributed by atoms with Crippen LogP contribution in [0.15, 0.2) is 70.2 Å². The second kappa shape index (κ2) is 7.89. The average molecular weight is 406 g/mol. The molecule has 0 fully saturated rings. The highest BCUT2D eigenvalue weighted by molar-refractivity contribution is 7.98. The second-order valence-corrected chi connectivity index (χ2v) is 7.82. The Bertz CT molecular complexity index is 1160. The van der Waals surface area contributed by atoms with Crippen LogP contribution in [0.5, 0.6) is 0 Å². The summed E-state index contributed by atoms with van der Waals surface area (Å²) >= 11 is 3.10. The molecule has 5 nitrogen and oxygen atoms in total. The number of hydrogen-bond acceptors (Lipinski definition) is 6. The SMILES string of the molecule is CSc1cccc2sc(N(Cc3ccco3)C(=O)c3ccc(C#N)cc3)nc12. The van der Waals surface area contributed by atoms with E-state index in [1.54, 1.807) is 53.3 Å². The molecule has 0 aliphatic heterocycles. The van der Waals surface area contributed by atoms with Crippen LogP contribution in [0, 0.1) is 11.3 Å². The highest BCUT2D eigenvalue weighted by Gasteiger charge is 2.23. The number of nitriles is 1. The first-order valence-electron chi connectivity index (χ1n) is 8.47. The Morgan fingerprint density at radius 2 is 2.04 bits per heavy atom. The summed E-state index contributed by atoms with van der Waals surface area (Å²) in [5.74, 6) is 0.483. The number of amides is 1. The van der Waals surface area contributed by atoms with Crippen LogP contribution in [0.4, 0.5) is 5.13 Å². The number of para-hydroxylation sites is 1. The molecule has 2 heterocycles. The lowest BCUT2D eigenvalue weighted by Crippen LogP contribution is -2.30. The topological polar surface area (TPSA) is 70.1 Å². The molecule has 2 aromatic carbocycles. The number of furan rings is 1. The molecule has 0 saturated carbocycles. The van der Waals surface area contributed by atoms with Gasteiger partial charge in [-0.25, -0.2) is 4.98 Å². The third-order valence-electron chi connectivity index (χ3n) is 4.22. The lowest BCUT2D eigenvalue weighted by Gasteiger charge is -2.18. The molecule has 0 spiro atoms. The Labute approximate surface area is 170 Å². The van der Waals surface area contributed by atoms with Gasteiger partial charge in [-0.2, -0.15) is 5.26 Å². The smallest absolute Gasteiger partial charge is 0.260 e. The number of benzene rings is 2. The van der Waals surface area contributed by atoms with E-state index < -0.39 is 0 Å². The molecule has 0 N–H and O–H groups in total. The van der Waals surface area contributed by atoms with Gasteiger partial charge in [-0.3, -0.25) is 9.69 Å². The van der Waals surface area contributed by atoms with Gasteiger partial charge in [0.1, 0.15) is 5.76 Å². The van der Waals surface area contributed by atoms with Gasteiger partial charge in [0.15, 0.2) is 5.13 Å². The van der Waals surface area contributed by atoms with E-state index in [0.717, 1.165) is 15.1 Å². The van der Waals surface area contributed by atoms with Gasteiger partial charge in [0.25, 0.3) is 5.91 Å². The van der Waals surface area contributed by atoms with Crippen LogP contribution < -0.4 is 4.90 Å². The number of carbonyl (C=O) groups is 1. The Morgan fingerprint density at radius 1 is 1.21 bits per heavy atom. The van der Waals surface area contributed by atoms with Gasteiger partial charge in [0.2, 0.25) is 0 Å². The highest BCUT2D eigenvalue weighted by Crippen LogP contribution is 2.35. The molecule has 0 aliphatic rings. The molecule has 0 atom stereocenters. The van der Waals surface area contributed by atoms with E-state index in [9.17, 15) is 4.79 Å². The van der Waals surface area contributed by atoms with Crippen molar-refractivity contribution in [2.75, 3.05) is 11.2 Å². The molecule has 0 bridgehead atoms. The molecule has 4 aromatic rings. The number of aromatic nitrogens is 1. The summed E-state index contributed by atoms with van der Waals surface area (Å²) < 4.78 is 6.49. The summed E-state index contributed by atoms with van der Waals surface area (Å²) in [4.78, 5) is 20.7. The van der Waals surface area contributed by atoms with Crippen molar-refractivity contribution in [2.24, 2.45) is 0 Å². The third kappa shape index (κ3) is 3.52. The maximum atomic E-state index is 13.3. The molecule has 2 aromatic heterocycles. The fourth-order valence-corrected chi connectivity index (χ4v) is 4.44. The van der Waals surface area contributed by atoms with Crippen LogP contribution in [0.3, 0.4) is 0 Å². The molecule has 0 radical (unpaired) electrons. The minimum absolute atomic E-state index is 0.189. The number of thiazole rings is 1. The normalized spacial score (nSPS) is 10.7. The van der Waals surface area contributed by atoms with Crippen LogP contribution in [-0.2, 0) is 6.54 Å². The van der Waals surface area contributed by atoms with Gasteiger partial charge in [-0.15, -0.1) is 11.8 Å². The van der Waals surface area contributed by atoms with Crippen molar-refractivity contribution in [1.29, 1.82) is 5.26 Å². The van der Waals surface area contributed by atoms with Crippen LogP contribution in [0.2, 0.25) is 0 Å². The number of fused-ring (bicyclic) bond motifs is 1. The minimum atomic E-state index is -0.189. The monoisotopic (exact) mass is 405 g/mol. The van der Waals surface area contributed by atoms with Gasteiger partial charge in [-0.05, 0) is 54.8 Å². The van der Waals surface area contributed by atoms with Crippen molar-refractivity contribution in [3.8, 4) is 6.07 Å². The predicted molar refractivity (Wildman–Crippen MR) is 112 cm³/mol. The molecular formula is C21H15N3O2S2. The van der Waals surface area contributed by atoms with Crippen molar-refractivity contribution in [2.45, 2.75) is 11.4 Å². The molecule has 0 unspecified atom stereocenters. The molecule has 1 amide bonds. The molecule has 0 aliphatic carbocycles. The first-order valence-corrected chi connectivity index (χ1v) is 10.5. The Morgan fingerprint density at radius 3 is 2.71 bits per heavy atom. The maximum absolute atomic E-state index is 13.3. The van der Waals surface area contributed by atoms with E-state index in [0.29, 0.717) is 22.0 Å². The quantitative estimate of drug-likeness (QED) is 0.420. The summed E-state index contributed by atoms with van der Waals surface area (Å²) in [6.45, 7) is 0.278. The molecule has 0 saturated heterocycles. The van der Waals surface area contributed by atoms with Crippen molar-refractivity contribution in [1.82, 2.24) is 4.98 Å². The van der Waals surface area contributed by atoms with E-state index in [2.05, 4.69) is 6.07 Å². The molecular weight excluding hydrogens is 390 g/mol. The van der Waals surface area contributed by atoms with Gasteiger partial charge in [-0.1, -0.05) is 17.4 Å². The van der Waals surface area contributed by atoms with Crippen LogP contribution in [0.25, 0.3) is 10.2 Å². The van der Waals surface area contributed by atoms with Crippen molar-refractivity contribution >= 4 is 44.4 Å². The standard InChI is InChI=1S/C21H15N3O2S2/c1-27-17-5-2-6-18-19(17)23-21(28-18)24(13-16-4-3-11-26-16)20(25)15-9-7-14(12-22)8-10-15/h2-11H,13H2,1H3. The van der Waals surface area contributed by atoms with Crippen molar-refractivity contribution in [3.05, 3.63) is 77.7 Å². The summed E-state index contributed by atoms with van der Waals surface area (Å²) in [5, 5.41) is 9.60. The van der Waals surface area contributed by atoms with Crippen LogP contribution in [-0.4, -0.2) is 17.1 Å². The van der Waals surface area contributed by atoms with Crippen LogP contribution >= 0.6 is 23.1 Å². The van der Waals surface area contributed by atoms with Crippen molar-refractivity contribution < 1.29 is 9.21 Å². The number of carbonyl (C=O) groups excluding carboxylic acids is 1. The lowest BCUT2D eigenvalue weighted by atomic mass is 10.1. The highest BCUT2D eigenvalue weighted by atomic mass is 32.2. The summed E-state index contributed by atoms with van der Waals surface area (Å²) in [5.41, 5.74) is 1.90. The van der Waals surface area contributed by atoms with Crippen molar-refractivity contribution in [3.63, 3.8) is 0 Å². The van der Waals surface area contributed by atoms with Gasteiger partial charge < -0.3 is 4.42 Å². The Hall–Kier alpha value is -3.08. The predicted octanol–water partition coefficient (Wildman–Crippen LogP) is 5.33. The summed E-state index contributed by atoms with van der Waals surface area (Å²) in [6.07, 6.45) is 3.60. The first-order chi connectivity index (χ1) is 13.7. The van der Waals surface area contributed by atoms with E-state index in [1.807, 2.05) is 30.5 Å². The zero-order valence-electron chi connectivity index (χ0n) is 15.0. The summed E-state index contributed by atoms with van der Waals surface area (Å²) in [6, 6.07) is 18.3.